The summed E-state index contributed by atoms with van der Waals surface area (Å²) in [6, 6.07) is 16.0. The summed E-state index contributed by atoms with van der Waals surface area (Å²) in [4.78, 5) is 11.9. The van der Waals surface area contributed by atoms with Gasteiger partial charge in [-0.2, -0.15) is 0 Å². The van der Waals surface area contributed by atoms with E-state index in [4.69, 9.17) is 0 Å². The molecule has 0 saturated carbocycles. The quantitative estimate of drug-likeness (QED) is 0.503. The van der Waals surface area contributed by atoms with E-state index < -0.39 is 15.0 Å². The fraction of sp³-hybridized carbons (Fsp3) is 0. The Morgan fingerprint density at radius 1 is 1.00 bits per heavy atom. The van der Waals surface area contributed by atoms with E-state index in [9.17, 15) is 13.1 Å². The van der Waals surface area contributed by atoms with Gasteiger partial charge in [0.2, 0.25) is 0 Å². The molecular formula is C15H14GeO3. The Morgan fingerprint density at radius 2 is 1.74 bits per heavy atom. The Balaban J connectivity index is 2.15. The van der Waals surface area contributed by atoms with E-state index in [0.717, 1.165) is 5.56 Å². The van der Waals surface area contributed by atoms with Gasteiger partial charge in [0.05, 0.1) is 0 Å². The molecule has 0 heterocycles. The fourth-order valence-corrected chi connectivity index (χ4v) is 3.00. The van der Waals surface area contributed by atoms with Gasteiger partial charge in [-0.25, -0.2) is 0 Å². The van der Waals surface area contributed by atoms with Crippen molar-refractivity contribution in [1.29, 1.82) is 0 Å². The minimum atomic E-state index is -3.23. The molecule has 96 valence electrons. The number of rotatable bonds is 4. The van der Waals surface area contributed by atoms with Gasteiger partial charge in [-0.3, -0.25) is 0 Å². The van der Waals surface area contributed by atoms with Crippen molar-refractivity contribution < 1.29 is 13.1 Å². The molecule has 0 fully saturated rings. The van der Waals surface area contributed by atoms with Crippen LogP contribution in [0.3, 0.4) is 0 Å². The van der Waals surface area contributed by atoms with Gasteiger partial charge in [0.1, 0.15) is 0 Å². The first-order valence-electron chi connectivity index (χ1n) is 5.90. The Bertz CT molecular complexity index is 591. The molecule has 0 aliphatic rings. The summed E-state index contributed by atoms with van der Waals surface area (Å²) in [5.74, 6) is -0.0721. The standard InChI is InChI=1S/C15H14GeO3/c17-15(13-6-2-1-3-7-13)10-9-12-5-4-8-14(11-12)16(18)19/h1-11,16,18-19H. The number of hydrogen-bond acceptors (Lipinski definition) is 3. The molecule has 0 aromatic heterocycles. The predicted molar refractivity (Wildman–Crippen MR) is 77.5 cm³/mol. The second-order valence-electron chi connectivity index (χ2n) is 4.11. The number of carbonyl (C=O) groups is 1. The van der Waals surface area contributed by atoms with E-state index >= 15 is 0 Å². The first-order chi connectivity index (χ1) is 9.16. The molecule has 2 rings (SSSR count). The first-order valence-corrected chi connectivity index (χ1v) is 9.28. The summed E-state index contributed by atoms with van der Waals surface area (Å²) in [7, 11) is 0. The SMILES string of the molecule is O=C(C=Cc1ccc[c]([GeH]([OH])[OH])c1)c1ccccc1. The van der Waals surface area contributed by atoms with E-state index in [1.165, 1.54) is 6.08 Å². The summed E-state index contributed by atoms with van der Waals surface area (Å²) in [5.41, 5.74) is 1.43. The van der Waals surface area contributed by atoms with Crippen molar-refractivity contribution in [2.45, 2.75) is 0 Å². The minimum absolute atomic E-state index is 0.0721. The average Bonchev–Trinajstić information content (AvgIpc) is 2.46. The van der Waals surface area contributed by atoms with Crippen molar-refractivity contribution in [3.05, 3.63) is 71.8 Å². The van der Waals surface area contributed by atoms with E-state index in [-0.39, 0.29) is 5.78 Å². The molecule has 4 heteroatoms. The molecule has 0 atom stereocenters. The molecule has 0 saturated heterocycles. The van der Waals surface area contributed by atoms with Gasteiger partial charge in [-0.15, -0.1) is 0 Å². The van der Waals surface area contributed by atoms with E-state index in [1.807, 2.05) is 24.3 Å². The van der Waals surface area contributed by atoms with Gasteiger partial charge in [0.25, 0.3) is 0 Å². The maximum atomic E-state index is 11.9. The molecular weight excluding hydrogens is 301 g/mol. The summed E-state index contributed by atoms with van der Waals surface area (Å²) in [6.45, 7) is 0. The molecule has 19 heavy (non-hydrogen) atoms. The van der Waals surface area contributed by atoms with Gasteiger partial charge in [-0.1, -0.05) is 0 Å². The van der Waals surface area contributed by atoms with E-state index in [0.29, 0.717) is 9.96 Å². The van der Waals surface area contributed by atoms with Gasteiger partial charge < -0.3 is 0 Å². The zero-order valence-electron chi connectivity index (χ0n) is 10.2. The van der Waals surface area contributed by atoms with Gasteiger partial charge >= 0.3 is 116 Å². The Kier molecular flexibility index (Phi) is 4.68. The van der Waals surface area contributed by atoms with Gasteiger partial charge in [-0.05, 0) is 0 Å². The zero-order chi connectivity index (χ0) is 13.7. The summed E-state index contributed by atoms with van der Waals surface area (Å²) in [5, 5.41) is 0. The van der Waals surface area contributed by atoms with Crippen molar-refractivity contribution in [2.24, 2.45) is 0 Å². The number of carbonyl (C=O) groups excluding carboxylic acids is 1. The Morgan fingerprint density at radius 3 is 2.42 bits per heavy atom. The summed E-state index contributed by atoms with van der Waals surface area (Å²) < 4.78 is 19.1. The van der Waals surface area contributed by atoms with Crippen LogP contribution in [0.15, 0.2) is 60.7 Å². The third-order valence-corrected chi connectivity index (χ3v) is 4.70. The van der Waals surface area contributed by atoms with Crippen LogP contribution in [0, 0.1) is 0 Å². The molecule has 0 spiro atoms. The van der Waals surface area contributed by atoms with Crippen molar-refractivity contribution in [2.75, 3.05) is 0 Å². The van der Waals surface area contributed by atoms with Crippen LogP contribution in [0.5, 0.6) is 0 Å². The first kappa shape index (κ1) is 13.7. The van der Waals surface area contributed by atoms with Crippen molar-refractivity contribution >= 4 is 31.3 Å². The normalized spacial score (nSPS) is 11.1. The second kappa shape index (κ2) is 6.47. The topological polar surface area (TPSA) is 57.5 Å². The number of benzene rings is 2. The van der Waals surface area contributed by atoms with Crippen LogP contribution in [-0.2, 0) is 0 Å². The van der Waals surface area contributed by atoms with Gasteiger partial charge in [0, 0.05) is 0 Å². The van der Waals surface area contributed by atoms with Crippen molar-refractivity contribution in [3.8, 4) is 0 Å². The van der Waals surface area contributed by atoms with Crippen LogP contribution in [0.4, 0.5) is 0 Å². The van der Waals surface area contributed by atoms with Crippen LogP contribution < -0.4 is 4.40 Å². The fourth-order valence-electron chi connectivity index (χ4n) is 1.69. The molecule has 2 aromatic carbocycles. The van der Waals surface area contributed by atoms with Gasteiger partial charge in [0.15, 0.2) is 0 Å². The molecule has 0 radical (unpaired) electrons. The summed E-state index contributed by atoms with van der Waals surface area (Å²) in [6.07, 6.45) is 3.18. The molecule has 0 bridgehead atoms. The third-order valence-electron chi connectivity index (χ3n) is 2.69. The predicted octanol–water partition coefficient (Wildman–Crippen LogP) is 0.995. The molecule has 2 aromatic rings. The maximum absolute atomic E-state index is 11.9. The third kappa shape index (κ3) is 3.89. The molecule has 3 nitrogen and oxygen atoms in total. The molecule has 2 N–H and O–H groups in total. The molecule has 0 unspecified atom stereocenters. The van der Waals surface area contributed by atoms with Crippen LogP contribution in [0.2, 0.25) is 0 Å². The average molecular weight is 315 g/mol. The Labute approximate surface area is 116 Å². The van der Waals surface area contributed by atoms with Crippen LogP contribution in [0.1, 0.15) is 15.9 Å². The molecule has 0 amide bonds. The number of allylic oxidation sites excluding steroid dienone is 1. The van der Waals surface area contributed by atoms with Crippen molar-refractivity contribution in [3.63, 3.8) is 0 Å². The van der Waals surface area contributed by atoms with E-state index in [2.05, 4.69) is 0 Å². The van der Waals surface area contributed by atoms with E-state index in [1.54, 1.807) is 36.4 Å². The summed E-state index contributed by atoms with van der Waals surface area (Å²) >= 11 is -3.23. The molecule has 0 aliphatic heterocycles. The van der Waals surface area contributed by atoms with Crippen molar-refractivity contribution in [1.82, 2.24) is 0 Å². The zero-order valence-corrected chi connectivity index (χ0v) is 12.7. The number of ketones is 1. The van der Waals surface area contributed by atoms with Crippen LogP contribution >= 0.6 is 0 Å². The van der Waals surface area contributed by atoms with Crippen LogP contribution in [0.25, 0.3) is 6.08 Å². The monoisotopic (exact) mass is 316 g/mol. The molecule has 0 aliphatic carbocycles. The number of hydrogen-bond donors (Lipinski definition) is 2. The Hall–Kier alpha value is -1.69. The second-order valence-corrected chi connectivity index (χ2v) is 7.07. The van der Waals surface area contributed by atoms with Crippen LogP contribution in [-0.4, -0.2) is 29.1 Å².